The Morgan fingerprint density at radius 1 is 1.35 bits per heavy atom. The van der Waals surface area contributed by atoms with Crippen LogP contribution < -0.4 is 5.32 Å². The number of carbonyl (C=O) groups excluding carboxylic acids is 1. The van der Waals surface area contributed by atoms with Crippen LogP contribution in [0.5, 0.6) is 0 Å². The molecule has 1 atom stereocenters. The highest BCUT2D eigenvalue weighted by atomic mass is 16.5. The van der Waals surface area contributed by atoms with Crippen molar-refractivity contribution in [3.8, 4) is 0 Å². The Hall–Kier alpha value is -0.650. The van der Waals surface area contributed by atoms with Gasteiger partial charge in [0.25, 0.3) is 0 Å². The molecule has 1 N–H and O–H groups in total. The molecule has 5 nitrogen and oxygen atoms in total. The normalized spacial score (nSPS) is 18.5. The first-order valence-corrected chi connectivity index (χ1v) is 6.32. The van der Waals surface area contributed by atoms with Gasteiger partial charge in [-0.1, -0.05) is 0 Å². The Morgan fingerprint density at radius 3 is 2.59 bits per heavy atom. The SMILES string of the molecule is CC(C)OCCNC(C)C(=O)N1CCOCC1. The number of hydrogen-bond donors (Lipinski definition) is 1. The van der Waals surface area contributed by atoms with Crippen LogP contribution in [0.4, 0.5) is 0 Å². The summed E-state index contributed by atoms with van der Waals surface area (Å²) in [4.78, 5) is 13.8. The molecule has 0 spiro atoms. The number of hydrogen-bond acceptors (Lipinski definition) is 4. The fourth-order valence-electron chi connectivity index (χ4n) is 1.71. The van der Waals surface area contributed by atoms with Crippen LogP contribution in [-0.4, -0.2) is 62.4 Å². The summed E-state index contributed by atoms with van der Waals surface area (Å²) in [7, 11) is 0. The number of rotatable bonds is 6. The molecule has 0 aliphatic carbocycles. The predicted octanol–water partition coefficient (Wildman–Crippen LogP) is 0.248. The van der Waals surface area contributed by atoms with E-state index in [1.165, 1.54) is 0 Å². The van der Waals surface area contributed by atoms with Crippen LogP contribution in [0.2, 0.25) is 0 Å². The molecule has 1 saturated heterocycles. The average molecular weight is 244 g/mol. The molecule has 1 aliphatic rings. The van der Waals surface area contributed by atoms with E-state index in [9.17, 15) is 4.79 Å². The van der Waals surface area contributed by atoms with Gasteiger partial charge in [0.05, 0.1) is 32.0 Å². The van der Waals surface area contributed by atoms with E-state index in [1.54, 1.807) is 0 Å². The van der Waals surface area contributed by atoms with E-state index >= 15 is 0 Å². The molecule has 1 aliphatic heterocycles. The molecular formula is C12H24N2O3. The lowest BCUT2D eigenvalue weighted by Gasteiger charge is -2.29. The third-order valence-electron chi connectivity index (χ3n) is 2.70. The fraction of sp³-hybridized carbons (Fsp3) is 0.917. The molecule has 100 valence electrons. The van der Waals surface area contributed by atoms with E-state index in [0.717, 1.165) is 0 Å². The standard InChI is InChI=1S/C12H24N2O3/c1-10(2)17-7-4-13-11(3)12(15)14-5-8-16-9-6-14/h10-11,13H,4-9H2,1-3H3. The number of nitrogens with zero attached hydrogens (tertiary/aromatic N) is 1. The van der Waals surface area contributed by atoms with Crippen LogP contribution in [0, 0.1) is 0 Å². The van der Waals surface area contributed by atoms with Crippen LogP contribution >= 0.6 is 0 Å². The molecule has 0 radical (unpaired) electrons. The van der Waals surface area contributed by atoms with Crippen LogP contribution in [0.25, 0.3) is 0 Å². The Bertz CT molecular complexity index is 228. The monoisotopic (exact) mass is 244 g/mol. The summed E-state index contributed by atoms with van der Waals surface area (Å²) in [6.45, 7) is 9.94. The largest absolute Gasteiger partial charge is 0.378 e. The van der Waals surface area contributed by atoms with Gasteiger partial charge in [-0.25, -0.2) is 0 Å². The Kier molecular flexibility index (Phi) is 6.47. The van der Waals surface area contributed by atoms with Gasteiger partial charge in [-0.15, -0.1) is 0 Å². The zero-order chi connectivity index (χ0) is 12.7. The molecule has 1 fully saturated rings. The Labute approximate surface area is 103 Å². The molecule has 0 aromatic heterocycles. The minimum Gasteiger partial charge on any atom is -0.378 e. The molecule has 0 aromatic rings. The molecule has 0 bridgehead atoms. The lowest BCUT2D eigenvalue weighted by Crippen LogP contribution is -2.49. The third-order valence-corrected chi connectivity index (χ3v) is 2.70. The summed E-state index contributed by atoms with van der Waals surface area (Å²) in [6.07, 6.45) is 0.238. The Morgan fingerprint density at radius 2 is 2.00 bits per heavy atom. The molecule has 1 unspecified atom stereocenters. The van der Waals surface area contributed by atoms with Crippen molar-refractivity contribution in [2.24, 2.45) is 0 Å². The first kappa shape index (κ1) is 14.4. The maximum atomic E-state index is 12.0. The van der Waals surface area contributed by atoms with Crippen molar-refractivity contribution in [3.63, 3.8) is 0 Å². The Balaban J connectivity index is 2.17. The quantitative estimate of drug-likeness (QED) is 0.680. The summed E-state index contributed by atoms with van der Waals surface area (Å²) in [5.41, 5.74) is 0. The van der Waals surface area contributed by atoms with Crippen molar-refractivity contribution >= 4 is 5.91 Å². The highest BCUT2D eigenvalue weighted by molar-refractivity contribution is 5.81. The molecule has 5 heteroatoms. The minimum absolute atomic E-state index is 0.149. The van der Waals surface area contributed by atoms with Gasteiger partial charge in [0.2, 0.25) is 5.91 Å². The summed E-state index contributed by atoms with van der Waals surface area (Å²) < 4.78 is 10.6. The van der Waals surface area contributed by atoms with Gasteiger partial charge in [0, 0.05) is 19.6 Å². The summed E-state index contributed by atoms with van der Waals surface area (Å²) in [5, 5.41) is 3.18. The van der Waals surface area contributed by atoms with Gasteiger partial charge in [0.15, 0.2) is 0 Å². The van der Waals surface area contributed by atoms with Gasteiger partial charge in [-0.3, -0.25) is 4.79 Å². The maximum absolute atomic E-state index is 12.0. The zero-order valence-corrected chi connectivity index (χ0v) is 11.1. The summed E-state index contributed by atoms with van der Waals surface area (Å²) >= 11 is 0. The molecule has 17 heavy (non-hydrogen) atoms. The van der Waals surface area contributed by atoms with Crippen LogP contribution in [0.15, 0.2) is 0 Å². The fourth-order valence-corrected chi connectivity index (χ4v) is 1.71. The number of nitrogens with one attached hydrogen (secondary N) is 1. The highest BCUT2D eigenvalue weighted by Crippen LogP contribution is 2.00. The van der Waals surface area contributed by atoms with Crippen molar-refractivity contribution in [3.05, 3.63) is 0 Å². The first-order valence-electron chi connectivity index (χ1n) is 6.32. The van der Waals surface area contributed by atoms with Crippen molar-refractivity contribution in [2.45, 2.75) is 32.9 Å². The second-order valence-electron chi connectivity index (χ2n) is 4.53. The van der Waals surface area contributed by atoms with Crippen molar-refractivity contribution in [1.29, 1.82) is 0 Å². The molecule has 1 rings (SSSR count). The number of carbonyl (C=O) groups is 1. The average Bonchev–Trinajstić information content (AvgIpc) is 2.34. The van der Waals surface area contributed by atoms with Crippen LogP contribution in [0.3, 0.4) is 0 Å². The van der Waals surface area contributed by atoms with Gasteiger partial charge in [0.1, 0.15) is 0 Å². The lowest BCUT2D eigenvalue weighted by atomic mass is 10.2. The number of amides is 1. The van der Waals surface area contributed by atoms with E-state index < -0.39 is 0 Å². The highest BCUT2D eigenvalue weighted by Gasteiger charge is 2.21. The van der Waals surface area contributed by atoms with Gasteiger partial charge in [-0.05, 0) is 20.8 Å². The lowest BCUT2D eigenvalue weighted by molar-refractivity contribution is -0.137. The summed E-state index contributed by atoms with van der Waals surface area (Å²) in [6, 6.07) is -0.149. The second-order valence-corrected chi connectivity index (χ2v) is 4.53. The van der Waals surface area contributed by atoms with Crippen LogP contribution in [-0.2, 0) is 14.3 Å². The maximum Gasteiger partial charge on any atom is 0.239 e. The van der Waals surface area contributed by atoms with Crippen LogP contribution in [0.1, 0.15) is 20.8 Å². The van der Waals surface area contributed by atoms with Gasteiger partial charge in [-0.2, -0.15) is 0 Å². The minimum atomic E-state index is -0.149. The van der Waals surface area contributed by atoms with Crippen molar-refractivity contribution in [1.82, 2.24) is 10.2 Å². The van der Waals surface area contributed by atoms with Crippen molar-refractivity contribution < 1.29 is 14.3 Å². The topological polar surface area (TPSA) is 50.8 Å². The molecule has 0 aromatic carbocycles. The van der Waals surface area contributed by atoms with Crippen molar-refractivity contribution in [2.75, 3.05) is 39.5 Å². The van der Waals surface area contributed by atoms with Gasteiger partial charge >= 0.3 is 0 Å². The second kappa shape index (κ2) is 7.63. The van der Waals surface area contributed by atoms with E-state index in [4.69, 9.17) is 9.47 Å². The molecule has 1 amide bonds. The molecule has 0 saturated carbocycles. The van der Waals surface area contributed by atoms with E-state index in [0.29, 0.717) is 39.5 Å². The van der Waals surface area contributed by atoms with E-state index in [1.807, 2.05) is 25.7 Å². The van der Waals surface area contributed by atoms with E-state index in [-0.39, 0.29) is 18.1 Å². The zero-order valence-electron chi connectivity index (χ0n) is 11.1. The molecule has 1 heterocycles. The van der Waals surface area contributed by atoms with E-state index in [2.05, 4.69) is 5.32 Å². The first-order chi connectivity index (χ1) is 8.11. The number of morpholine rings is 1. The number of ether oxygens (including phenoxy) is 2. The third kappa shape index (κ3) is 5.48. The predicted molar refractivity (Wildman–Crippen MR) is 66.0 cm³/mol. The van der Waals surface area contributed by atoms with Gasteiger partial charge < -0.3 is 19.7 Å². The smallest absolute Gasteiger partial charge is 0.239 e. The summed E-state index contributed by atoms with van der Waals surface area (Å²) in [5.74, 6) is 0.151. The molecular weight excluding hydrogens is 220 g/mol.